The maximum atomic E-state index is 13.4. The standard InChI is InChI=1S/C21H19F2N3O2/c22-17-7-6-16(10-18(17)23)26-9-8-14(13-26)12-24-21(27)20-11-19(25-28-20)15-4-2-1-3-5-15/h1-7,10-11,14H,8-9,12-13H2,(H,24,27)/t14-/m1/s1. The summed E-state index contributed by atoms with van der Waals surface area (Å²) < 4.78 is 31.7. The molecule has 2 heterocycles. The third-order valence-corrected chi connectivity index (χ3v) is 4.91. The molecule has 1 amide bonds. The summed E-state index contributed by atoms with van der Waals surface area (Å²) in [5, 5.41) is 6.81. The number of carbonyl (C=O) groups is 1. The summed E-state index contributed by atoms with van der Waals surface area (Å²) >= 11 is 0. The number of halogens is 2. The SMILES string of the molecule is O=C(NC[C@H]1CCN(c2ccc(F)c(F)c2)C1)c1cc(-c2ccccc2)no1. The first-order chi connectivity index (χ1) is 13.6. The molecule has 0 spiro atoms. The van der Waals surface area contributed by atoms with E-state index in [0.29, 0.717) is 24.5 Å². The number of rotatable bonds is 5. The van der Waals surface area contributed by atoms with E-state index in [1.165, 1.54) is 6.07 Å². The van der Waals surface area contributed by atoms with Crippen LogP contribution in [0.1, 0.15) is 17.0 Å². The third kappa shape index (κ3) is 3.88. The van der Waals surface area contributed by atoms with Crippen LogP contribution < -0.4 is 10.2 Å². The minimum Gasteiger partial charge on any atom is -0.371 e. The van der Waals surface area contributed by atoms with Crippen molar-refractivity contribution in [1.29, 1.82) is 0 Å². The lowest BCUT2D eigenvalue weighted by molar-refractivity contribution is 0.0911. The Morgan fingerprint density at radius 1 is 1.14 bits per heavy atom. The second-order valence-electron chi connectivity index (χ2n) is 6.85. The topological polar surface area (TPSA) is 58.4 Å². The highest BCUT2D eigenvalue weighted by atomic mass is 19.2. The number of amides is 1. The van der Waals surface area contributed by atoms with Gasteiger partial charge in [-0.25, -0.2) is 8.78 Å². The third-order valence-electron chi connectivity index (χ3n) is 4.91. The van der Waals surface area contributed by atoms with Gasteiger partial charge >= 0.3 is 0 Å². The number of nitrogens with one attached hydrogen (secondary N) is 1. The van der Waals surface area contributed by atoms with Crippen molar-refractivity contribution < 1.29 is 18.1 Å². The van der Waals surface area contributed by atoms with Crippen LogP contribution >= 0.6 is 0 Å². The maximum Gasteiger partial charge on any atom is 0.289 e. The summed E-state index contributed by atoms with van der Waals surface area (Å²) in [5.74, 6) is -1.65. The second kappa shape index (κ2) is 7.80. The van der Waals surface area contributed by atoms with Gasteiger partial charge in [0, 0.05) is 43.0 Å². The van der Waals surface area contributed by atoms with E-state index < -0.39 is 11.6 Å². The monoisotopic (exact) mass is 383 g/mol. The molecule has 1 fully saturated rings. The van der Waals surface area contributed by atoms with Gasteiger partial charge < -0.3 is 14.7 Å². The van der Waals surface area contributed by atoms with E-state index in [0.717, 1.165) is 24.6 Å². The molecule has 1 atom stereocenters. The summed E-state index contributed by atoms with van der Waals surface area (Å²) in [7, 11) is 0. The zero-order chi connectivity index (χ0) is 19.5. The van der Waals surface area contributed by atoms with Gasteiger partial charge in [-0.05, 0) is 24.5 Å². The molecule has 0 saturated carbocycles. The van der Waals surface area contributed by atoms with Crippen LogP contribution in [0.3, 0.4) is 0 Å². The zero-order valence-electron chi connectivity index (χ0n) is 15.1. The normalized spacial score (nSPS) is 16.4. The molecule has 1 aliphatic heterocycles. The molecule has 0 unspecified atom stereocenters. The number of benzene rings is 2. The van der Waals surface area contributed by atoms with Crippen LogP contribution in [0.5, 0.6) is 0 Å². The summed E-state index contributed by atoms with van der Waals surface area (Å²) in [6.45, 7) is 1.86. The Labute approximate surface area is 160 Å². The Hall–Kier alpha value is -3.22. The lowest BCUT2D eigenvalue weighted by Gasteiger charge is -2.19. The van der Waals surface area contributed by atoms with E-state index in [1.54, 1.807) is 12.1 Å². The summed E-state index contributed by atoms with van der Waals surface area (Å²) in [6.07, 6.45) is 0.852. The van der Waals surface area contributed by atoms with Gasteiger partial charge in [-0.15, -0.1) is 0 Å². The first-order valence-electron chi connectivity index (χ1n) is 9.10. The van der Waals surface area contributed by atoms with Gasteiger partial charge in [0.1, 0.15) is 5.69 Å². The van der Waals surface area contributed by atoms with Crippen molar-refractivity contribution in [2.24, 2.45) is 5.92 Å². The molecule has 0 radical (unpaired) electrons. The molecule has 4 rings (SSSR count). The number of aromatic nitrogens is 1. The molecule has 144 valence electrons. The average molecular weight is 383 g/mol. The van der Waals surface area contributed by atoms with Crippen molar-refractivity contribution in [1.82, 2.24) is 10.5 Å². The van der Waals surface area contributed by atoms with Crippen LogP contribution in [0.25, 0.3) is 11.3 Å². The molecule has 2 aromatic carbocycles. The molecule has 1 aromatic heterocycles. The average Bonchev–Trinajstić information content (AvgIpc) is 3.39. The highest BCUT2D eigenvalue weighted by molar-refractivity contribution is 5.92. The van der Waals surface area contributed by atoms with Crippen LogP contribution in [0, 0.1) is 17.6 Å². The molecule has 7 heteroatoms. The largest absolute Gasteiger partial charge is 0.371 e. The first-order valence-corrected chi connectivity index (χ1v) is 9.10. The van der Waals surface area contributed by atoms with Crippen LogP contribution in [-0.4, -0.2) is 30.7 Å². The van der Waals surface area contributed by atoms with Crippen molar-refractivity contribution in [3.05, 3.63) is 72.0 Å². The molecule has 3 aromatic rings. The fraction of sp³-hybridized carbons (Fsp3) is 0.238. The van der Waals surface area contributed by atoms with Crippen LogP contribution in [-0.2, 0) is 0 Å². The van der Waals surface area contributed by atoms with E-state index in [-0.39, 0.29) is 17.6 Å². The van der Waals surface area contributed by atoms with Crippen molar-refractivity contribution in [2.45, 2.75) is 6.42 Å². The van der Waals surface area contributed by atoms with Gasteiger partial charge in [-0.2, -0.15) is 0 Å². The number of carbonyl (C=O) groups excluding carboxylic acids is 1. The Kier molecular flexibility index (Phi) is 5.06. The Morgan fingerprint density at radius 3 is 2.75 bits per heavy atom. The first kappa shape index (κ1) is 18.2. The van der Waals surface area contributed by atoms with Gasteiger partial charge in [-0.3, -0.25) is 4.79 Å². The molecule has 28 heavy (non-hydrogen) atoms. The Balaban J connectivity index is 1.32. The van der Waals surface area contributed by atoms with Crippen LogP contribution in [0.2, 0.25) is 0 Å². The molecule has 0 bridgehead atoms. The lowest BCUT2D eigenvalue weighted by atomic mass is 10.1. The molecule has 0 aliphatic carbocycles. The molecular formula is C21H19F2N3O2. The molecular weight excluding hydrogens is 364 g/mol. The molecule has 1 saturated heterocycles. The van der Waals surface area contributed by atoms with Crippen molar-refractivity contribution in [2.75, 3.05) is 24.5 Å². The van der Waals surface area contributed by atoms with E-state index >= 15 is 0 Å². The van der Waals surface area contributed by atoms with Gasteiger partial charge in [-0.1, -0.05) is 35.5 Å². The predicted molar refractivity (Wildman–Crippen MR) is 101 cm³/mol. The number of hydrogen-bond donors (Lipinski definition) is 1. The van der Waals surface area contributed by atoms with Crippen molar-refractivity contribution >= 4 is 11.6 Å². The number of nitrogens with zero attached hydrogens (tertiary/aromatic N) is 2. The van der Waals surface area contributed by atoms with Crippen LogP contribution in [0.15, 0.2) is 59.1 Å². The minimum absolute atomic E-state index is 0.161. The molecule has 5 nitrogen and oxygen atoms in total. The van der Waals surface area contributed by atoms with Gasteiger partial charge in [0.25, 0.3) is 5.91 Å². The zero-order valence-corrected chi connectivity index (χ0v) is 15.1. The minimum atomic E-state index is -0.853. The van der Waals surface area contributed by atoms with Crippen molar-refractivity contribution in [3.8, 4) is 11.3 Å². The Morgan fingerprint density at radius 2 is 1.96 bits per heavy atom. The van der Waals surface area contributed by atoms with Crippen LogP contribution in [0.4, 0.5) is 14.5 Å². The van der Waals surface area contributed by atoms with Gasteiger partial charge in [0.15, 0.2) is 11.6 Å². The van der Waals surface area contributed by atoms with E-state index in [1.807, 2.05) is 35.2 Å². The highest BCUT2D eigenvalue weighted by Crippen LogP contribution is 2.25. The lowest BCUT2D eigenvalue weighted by Crippen LogP contribution is -2.30. The summed E-state index contributed by atoms with van der Waals surface area (Å²) in [4.78, 5) is 14.3. The van der Waals surface area contributed by atoms with E-state index in [2.05, 4.69) is 10.5 Å². The fourth-order valence-corrected chi connectivity index (χ4v) is 3.37. The fourth-order valence-electron chi connectivity index (χ4n) is 3.37. The summed E-state index contributed by atoms with van der Waals surface area (Å²) in [5.41, 5.74) is 2.13. The van der Waals surface area contributed by atoms with Crippen molar-refractivity contribution in [3.63, 3.8) is 0 Å². The molecule has 1 aliphatic rings. The van der Waals surface area contributed by atoms with Gasteiger partial charge in [0.2, 0.25) is 5.76 Å². The second-order valence-corrected chi connectivity index (χ2v) is 6.85. The van der Waals surface area contributed by atoms with E-state index in [9.17, 15) is 13.6 Å². The summed E-state index contributed by atoms with van der Waals surface area (Å²) in [6, 6.07) is 15.0. The molecule has 1 N–H and O–H groups in total. The van der Waals surface area contributed by atoms with E-state index in [4.69, 9.17) is 4.52 Å². The van der Waals surface area contributed by atoms with Gasteiger partial charge in [0.05, 0.1) is 0 Å². The quantitative estimate of drug-likeness (QED) is 0.727. The number of anilines is 1. The highest BCUT2D eigenvalue weighted by Gasteiger charge is 2.24. The number of hydrogen-bond acceptors (Lipinski definition) is 4. The maximum absolute atomic E-state index is 13.4. The Bertz CT molecular complexity index is 975. The smallest absolute Gasteiger partial charge is 0.289 e. The predicted octanol–water partition coefficient (Wildman–Crippen LogP) is 3.88.